The van der Waals surface area contributed by atoms with Gasteiger partial charge in [-0.25, -0.2) is 13.4 Å². The average molecular weight is 428 g/mol. The minimum Gasteiger partial charge on any atom is -0.321 e. The summed E-state index contributed by atoms with van der Waals surface area (Å²) in [5.41, 5.74) is 1.61. The molecule has 0 unspecified atom stereocenters. The maximum Gasteiger partial charge on any atom is 0.266 e. The minimum atomic E-state index is -3.78. The second-order valence-electron chi connectivity index (χ2n) is 5.93. The Hall–Kier alpha value is -3.49. The van der Waals surface area contributed by atoms with E-state index in [1.54, 1.807) is 30.2 Å². The zero-order valence-corrected chi connectivity index (χ0v) is 17.1. The van der Waals surface area contributed by atoms with Gasteiger partial charge in [0.1, 0.15) is 11.6 Å². The van der Waals surface area contributed by atoms with Crippen molar-refractivity contribution in [1.29, 1.82) is 5.26 Å². The Balaban J connectivity index is 1.74. The molecule has 9 nitrogen and oxygen atoms in total. The van der Waals surface area contributed by atoms with E-state index in [9.17, 15) is 18.5 Å². The van der Waals surface area contributed by atoms with Crippen molar-refractivity contribution in [3.63, 3.8) is 0 Å². The molecular formula is C18H16N6O3S2. The number of nitrogens with zero attached hydrogens (tertiary/aromatic N) is 4. The van der Waals surface area contributed by atoms with Crippen LogP contribution in [0.5, 0.6) is 0 Å². The molecule has 29 heavy (non-hydrogen) atoms. The van der Waals surface area contributed by atoms with Gasteiger partial charge in [0.2, 0.25) is 0 Å². The predicted octanol–water partition coefficient (Wildman–Crippen LogP) is 2.53. The van der Waals surface area contributed by atoms with Crippen molar-refractivity contribution in [3.05, 3.63) is 58.9 Å². The lowest BCUT2D eigenvalue weighted by molar-refractivity contribution is -0.112. The first-order valence-corrected chi connectivity index (χ1v) is 10.6. The summed E-state index contributed by atoms with van der Waals surface area (Å²) in [5, 5.41) is 18.0. The molecule has 3 aromatic rings. The predicted molar refractivity (Wildman–Crippen MR) is 110 cm³/mol. The van der Waals surface area contributed by atoms with Gasteiger partial charge in [0.05, 0.1) is 10.6 Å². The summed E-state index contributed by atoms with van der Waals surface area (Å²) in [7, 11) is -2.03. The molecule has 0 aliphatic carbocycles. The molecule has 0 bridgehead atoms. The summed E-state index contributed by atoms with van der Waals surface area (Å²) in [5.74, 6) is -0.604. The van der Waals surface area contributed by atoms with Gasteiger partial charge < -0.3 is 5.32 Å². The third-order valence-electron chi connectivity index (χ3n) is 3.79. The number of carbonyl (C=O) groups excluding carboxylic acids is 1. The van der Waals surface area contributed by atoms with E-state index in [2.05, 4.69) is 20.1 Å². The Morgan fingerprint density at radius 2 is 2.03 bits per heavy atom. The highest BCUT2D eigenvalue weighted by atomic mass is 32.2. The number of carbonyl (C=O) groups is 1. The Morgan fingerprint density at radius 3 is 2.59 bits per heavy atom. The van der Waals surface area contributed by atoms with Crippen LogP contribution < -0.4 is 10.0 Å². The van der Waals surface area contributed by atoms with Crippen molar-refractivity contribution in [1.82, 2.24) is 14.8 Å². The van der Waals surface area contributed by atoms with E-state index in [-0.39, 0.29) is 15.6 Å². The summed E-state index contributed by atoms with van der Waals surface area (Å²) >= 11 is 1.16. The van der Waals surface area contributed by atoms with Gasteiger partial charge in [0.15, 0.2) is 5.13 Å². The SMILES string of the molecule is Cc1nn(C)cc1/C=C(\C#N)C(=O)Nc1ccc(S(=O)(=O)Nc2nccs2)cc1. The van der Waals surface area contributed by atoms with Crippen LogP contribution in [0.3, 0.4) is 0 Å². The van der Waals surface area contributed by atoms with Crippen molar-refractivity contribution < 1.29 is 13.2 Å². The van der Waals surface area contributed by atoms with E-state index < -0.39 is 15.9 Å². The Kier molecular flexibility index (Phi) is 5.76. The molecule has 1 aromatic carbocycles. The lowest BCUT2D eigenvalue weighted by Crippen LogP contribution is -2.15. The standard InChI is InChI=1S/C18H16N6O3S2/c1-12-14(11-24(2)22-12)9-13(10-19)17(25)21-15-3-5-16(6-4-15)29(26,27)23-18-20-7-8-28-18/h3-9,11H,1-2H3,(H,20,23)(H,21,25)/b13-9+. The van der Waals surface area contributed by atoms with Crippen LogP contribution in [0.4, 0.5) is 10.8 Å². The monoisotopic (exact) mass is 428 g/mol. The first-order chi connectivity index (χ1) is 13.8. The molecular weight excluding hydrogens is 412 g/mol. The number of amides is 1. The molecule has 0 atom stereocenters. The maximum atomic E-state index is 12.4. The lowest BCUT2D eigenvalue weighted by Gasteiger charge is -2.07. The second kappa shape index (κ2) is 8.26. The van der Waals surface area contributed by atoms with Crippen molar-refractivity contribution >= 4 is 44.2 Å². The molecule has 2 heterocycles. The molecule has 148 valence electrons. The third kappa shape index (κ3) is 4.87. The molecule has 0 aliphatic rings. The van der Waals surface area contributed by atoms with E-state index in [1.165, 1.54) is 36.5 Å². The highest BCUT2D eigenvalue weighted by Crippen LogP contribution is 2.20. The number of aryl methyl sites for hydroxylation is 2. The van der Waals surface area contributed by atoms with Crippen LogP contribution in [0, 0.1) is 18.3 Å². The van der Waals surface area contributed by atoms with E-state index in [0.717, 1.165) is 11.3 Å². The number of nitrogens with one attached hydrogen (secondary N) is 2. The molecule has 0 spiro atoms. The van der Waals surface area contributed by atoms with Crippen molar-refractivity contribution in [2.75, 3.05) is 10.0 Å². The summed E-state index contributed by atoms with van der Waals surface area (Å²) in [6, 6.07) is 7.46. The van der Waals surface area contributed by atoms with Gasteiger partial charge in [-0.1, -0.05) is 0 Å². The minimum absolute atomic E-state index is 0.0210. The fraction of sp³-hybridized carbons (Fsp3) is 0.111. The number of hydrogen-bond acceptors (Lipinski definition) is 7. The fourth-order valence-corrected chi connectivity index (χ4v) is 4.22. The van der Waals surface area contributed by atoms with E-state index in [1.807, 2.05) is 6.07 Å². The lowest BCUT2D eigenvalue weighted by atomic mass is 10.1. The van der Waals surface area contributed by atoms with Crippen LogP contribution >= 0.6 is 11.3 Å². The fourth-order valence-electron chi connectivity index (χ4n) is 2.43. The largest absolute Gasteiger partial charge is 0.321 e. The molecule has 2 aromatic heterocycles. The van der Waals surface area contributed by atoms with Gasteiger partial charge in [0.25, 0.3) is 15.9 Å². The van der Waals surface area contributed by atoms with Crippen LogP contribution in [0.1, 0.15) is 11.3 Å². The number of hydrogen-bond donors (Lipinski definition) is 2. The number of sulfonamides is 1. The molecule has 0 saturated heterocycles. The molecule has 2 N–H and O–H groups in total. The normalized spacial score (nSPS) is 11.7. The summed E-state index contributed by atoms with van der Waals surface area (Å²) < 4.78 is 28.6. The first kappa shape index (κ1) is 20.2. The van der Waals surface area contributed by atoms with Crippen LogP contribution in [-0.4, -0.2) is 29.1 Å². The quantitative estimate of drug-likeness (QED) is 0.458. The topological polar surface area (TPSA) is 130 Å². The summed E-state index contributed by atoms with van der Waals surface area (Å²) in [4.78, 5) is 16.3. The third-order valence-corrected chi connectivity index (χ3v) is 5.97. The van der Waals surface area contributed by atoms with Crippen LogP contribution in [0.25, 0.3) is 6.08 Å². The second-order valence-corrected chi connectivity index (χ2v) is 8.51. The maximum absolute atomic E-state index is 12.4. The van der Waals surface area contributed by atoms with Crippen LogP contribution in [0.15, 0.2) is 52.5 Å². The highest BCUT2D eigenvalue weighted by molar-refractivity contribution is 7.93. The Bertz CT molecular complexity index is 1200. The highest BCUT2D eigenvalue weighted by Gasteiger charge is 2.16. The number of nitriles is 1. The molecule has 0 fully saturated rings. The van der Waals surface area contributed by atoms with Crippen LogP contribution in [0.2, 0.25) is 0 Å². The first-order valence-electron chi connectivity index (χ1n) is 8.24. The molecule has 3 rings (SSSR count). The van der Waals surface area contributed by atoms with E-state index >= 15 is 0 Å². The Morgan fingerprint density at radius 1 is 1.31 bits per heavy atom. The van der Waals surface area contributed by atoms with Gasteiger partial charge in [-0.3, -0.25) is 14.2 Å². The van der Waals surface area contributed by atoms with Gasteiger partial charge in [0, 0.05) is 36.1 Å². The summed E-state index contributed by atoms with van der Waals surface area (Å²) in [6.45, 7) is 1.78. The molecule has 0 aliphatic heterocycles. The van der Waals surface area contributed by atoms with E-state index in [0.29, 0.717) is 16.9 Å². The van der Waals surface area contributed by atoms with Crippen molar-refractivity contribution in [2.45, 2.75) is 11.8 Å². The van der Waals surface area contributed by atoms with Gasteiger partial charge in [-0.2, -0.15) is 10.4 Å². The van der Waals surface area contributed by atoms with Crippen molar-refractivity contribution in [2.24, 2.45) is 7.05 Å². The molecule has 11 heteroatoms. The number of aromatic nitrogens is 3. The number of anilines is 2. The smallest absolute Gasteiger partial charge is 0.266 e. The van der Waals surface area contributed by atoms with Crippen LogP contribution in [-0.2, 0) is 21.9 Å². The number of thiazole rings is 1. The van der Waals surface area contributed by atoms with E-state index in [4.69, 9.17) is 0 Å². The zero-order valence-electron chi connectivity index (χ0n) is 15.4. The molecule has 1 amide bonds. The summed E-state index contributed by atoms with van der Waals surface area (Å²) in [6.07, 6.45) is 4.65. The number of benzene rings is 1. The van der Waals surface area contributed by atoms with Gasteiger partial charge in [-0.15, -0.1) is 11.3 Å². The zero-order chi connectivity index (χ0) is 21.0. The van der Waals surface area contributed by atoms with Crippen molar-refractivity contribution in [3.8, 4) is 6.07 Å². The number of rotatable bonds is 6. The Labute approximate surface area is 171 Å². The molecule has 0 saturated carbocycles. The molecule has 0 radical (unpaired) electrons. The van der Waals surface area contributed by atoms with Gasteiger partial charge in [-0.05, 0) is 37.3 Å². The average Bonchev–Trinajstić information content (AvgIpc) is 3.28. The van der Waals surface area contributed by atoms with Gasteiger partial charge >= 0.3 is 0 Å².